The molecule has 0 bridgehead atoms. The first-order chi connectivity index (χ1) is 8.52. The number of thioether (sulfide) groups is 1. The van der Waals surface area contributed by atoms with Crippen molar-refractivity contribution in [3.8, 4) is 5.40 Å². The Balaban J connectivity index is 2.29. The fourth-order valence-electron chi connectivity index (χ4n) is 1.81. The number of ketones is 2. The monoisotopic (exact) mass is 269 g/mol. The van der Waals surface area contributed by atoms with Gasteiger partial charge in [0.1, 0.15) is 17.0 Å². The number of hydrogen-bond acceptors (Lipinski definition) is 6. The highest BCUT2D eigenvalue weighted by molar-refractivity contribution is 8.04. The van der Waals surface area contributed by atoms with Crippen molar-refractivity contribution in [1.29, 1.82) is 5.26 Å². The zero-order chi connectivity index (χ0) is 13.5. The standard InChI is InChI=1S/C12H15NO4S/c1-8(18-7-13)4-10(14)6-11(15)5-9-2-3-17-12(9)16/h8-9H,2-6H2,1H3. The second-order valence-electron chi connectivity index (χ2n) is 4.34. The van der Waals surface area contributed by atoms with Crippen LogP contribution in [0.1, 0.15) is 32.6 Å². The maximum atomic E-state index is 11.6. The van der Waals surface area contributed by atoms with E-state index in [2.05, 4.69) is 0 Å². The first-order valence-electron chi connectivity index (χ1n) is 5.77. The number of carbonyl (C=O) groups excluding carboxylic acids is 3. The van der Waals surface area contributed by atoms with Crippen LogP contribution in [0.5, 0.6) is 0 Å². The van der Waals surface area contributed by atoms with E-state index in [0.717, 1.165) is 11.8 Å². The van der Waals surface area contributed by atoms with Crippen LogP contribution in [0.15, 0.2) is 0 Å². The lowest BCUT2D eigenvalue weighted by molar-refractivity contribution is -0.143. The van der Waals surface area contributed by atoms with Crippen LogP contribution < -0.4 is 0 Å². The van der Waals surface area contributed by atoms with E-state index >= 15 is 0 Å². The Labute approximate surface area is 110 Å². The number of cyclic esters (lactones) is 1. The molecule has 5 nitrogen and oxygen atoms in total. The van der Waals surface area contributed by atoms with Gasteiger partial charge in [-0.25, -0.2) is 0 Å². The van der Waals surface area contributed by atoms with E-state index in [1.807, 2.05) is 5.40 Å². The summed E-state index contributed by atoms with van der Waals surface area (Å²) in [6, 6.07) is 0. The van der Waals surface area contributed by atoms with Gasteiger partial charge in [-0.1, -0.05) is 6.92 Å². The summed E-state index contributed by atoms with van der Waals surface area (Å²) in [5, 5.41) is 10.2. The molecule has 0 amide bonds. The molecular weight excluding hydrogens is 254 g/mol. The van der Waals surface area contributed by atoms with Crippen molar-refractivity contribution in [2.75, 3.05) is 6.61 Å². The number of rotatable bonds is 7. The van der Waals surface area contributed by atoms with Crippen LogP contribution in [-0.2, 0) is 19.1 Å². The number of nitrogens with zero attached hydrogens (tertiary/aromatic N) is 1. The molecule has 1 heterocycles. The van der Waals surface area contributed by atoms with E-state index in [1.165, 1.54) is 0 Å². The average molecular weight is 269 g/mol. The normalized spacial score (nSPS) is 20.0. The van der Waals surface area contributed by atoms with E-state index in [1.54, 1.807) is 6.92 Å². The average Bonchev–Trinajstić information content (AvgIpc) is 2.64. The summed E-state index contributed by atoms with van der Waals surface area (Å²) in [6.45, 7) is 2.13. The molecule has 98 valence electrons. The van der Waals surface area contributed by atoms with Gasteiger partial charge in [-0.15, -0.1) is 0 Å². The first kappa shape index (κ1) is 14.7. The first-order valence-corrected chi connectivity index (χ1v) is 6.65. The molecule has 1 rings (SSSR count). The summed E-state index contributed by atoms with van der Waals surface area (Å²) in [6.07, 6.45) is 0.697. The van der Waals surface area contributed by atoms with Crippen LogP contribution in [0.2, 0.25) is 0 Å². The third-order valence-corrected chi connectivity index (χ3v) is 3.36. The SMILES string of the molecule is CC(CC(=O)CC(=O)CC1CCOC1=O)SC#N. The highest BCUT2D eigenvalue weighted by Crippen LogP contribution is 2.20. The van der Waals surface area contributed by atoms with Crippen LogP contribution >= 0.6 is 11.8 Å². The highest BCUT2D eigenvalue weighted by Gasteiger charge is 2.29. The lowest BCUT2D eigenvalue weighted by atomic mass is 9.98. The molecule has 1 saturated heterocycles. The van der Waals surface area contributed by atoms with Gasteiger partial charge in [0.2, 0.25) is 0 Å². The van der Waals surface area contributed by atoms with Crippen molar-refractivity contribution in [3.05, 3.63) is 0 Å². The van der Waals surface area contributed by atoms with E-state index in [9.17, 15) is 14.4 Å². The quantitative estimate of drug-likeness (QED) is 0.395. The van der Waals surface area contributed by atoms with E-state index < -0.39 is 0 Å². The number of ether oxygens (including phenoxy) is 1. The summed E-state index contributed by atoms with van der Waals surface area (Å²) >= 11 is 1.02. The maximum Gasteiger partial charge on any atom is 0.309 e. The molecule has 2 atom stereocenters. The largest absolute Gasteiger partial charge is 0.465 e. The van der Waals surface area contributed by atoms with E-state index in [-0.39, 0.29) is 48.0 Å². The fourth-order valence-corrected chi connectivity index (χ4v) is 2.26. The van der Waals surface area contributed by atoms with Gasteiger partial charge in [0, 0.05) is 18.1 Å². The molecule has 0 saturated carbocycles. The van der Waals surface area contributed by atoms with E-state index in [4.69, 9.17) is 10.00 Å². The van der Waals surface area contributed by atoms with Gasteiger partial charge in [-0.05, 0) is 18.2 Å². The van der Waals surface area contributed by atoms with Crippen molar-refractivity contribution in [2.45, 2.75) is 37.9 Å². The number of carbonyl (C=O) groups is 3. The van der Waals surface area contributed by atoms with Crippen LogP contribution in [0.3, 0.4) is 0 Å². The van der Waals surface area contributed by atoms with Crippen molar-refractivity contribution in [1.82, 2.24) is 0 Å². The minimum Gasteiger partial charge on any atom is -0.465 e. The number of nitriles is 1. The molecular formula is C12H15NO4S. The van der Waals surface area contributed by atoms with Crippen molar-refractivity contribution < 1.29 is 19.1 Å². The van der Waals surface area contributed by atoms with Crippen LogP contribution in [0, 0.1) is 16.6 Å². The van der Waals surface area contributed by atoms with Gasteiger partial charge in [0.15, 0.2) is 0 Å². The Kier molecular flexibility index (Phi) is 5.86. The van der Waals surface area contributed by atoms with Crippen molar-refractivity contribution >= 4 is 29.3 Å². The van der Waals surface area contributed by atoms with Gasteiger partial charge in [0.05, 0.1) is 18.9 Å². The molecule has 1 aliphatic rings. The van der Waals surface area contributed by atoms with Crippen molar-refractivity contribution in [3.63, 3.8) is 0 Å². The minimum atomic E-state index is -0.379. The zero-order valence-electron chi connectivity index (χ0n) is 10.2. The summed E-state index contributed by atoms with van der Waals surface area (Å²) in [4.78, 5) is 34.3. The Hall–Kier alpha value is -1.35. The summed E-state index contributed by atoms with van der Waals surface area (Å²) < 4.78 is 4.75. The number of thiocyanates is 1. The molecule has 0 radical (unpaired) electrons. The third-order valence-electron chi connectivity index (χ3n) is 2.68. The van der Waals surface area contributed by atoms with Crippen LogP contribution in [0.4, 0.5) is 0 Å². The Morgan fingerprint density at radius 3 is 2.83 bits per heavy atom. The molecule has 1 aliphatic heterocycles. The summed E-state index contributed by atoms with van der Waals surface area (Å²) in [5.41, 5.74) is 0. The maximum absolute atomic E-state index is 11.6. The van der Waals surface area contributed by atoms with Crippen molar-refractivity contribution in [2.24, 2.45) is 5.92 Å². The molecule has 18 heavy (non-hydrogen) atoms. The Morgan fingerprint density at radius 1 is 1.56 bits per heavy atom. The summed E-state index contributed by atoms with van der Waals surface area (Å²) in [7, 11) is 0. The van der Waals surface area contributed by atoms with Crippen LogP contribution in [-0.4, -0.2) is 29.4 Å². The number of esters is 1. The molecule has 6 heteroatoms. The van der Waals surface area contributed by atoms with Crippen LogP contribution in [0.25, 0.3) is 0 Å². The zero-order valence-corrected chi connectivity index (χ0v) is 11.0. The van der Waals surface area contributed by atoms with Gasteiger partial charge in [0.25, 0.3) is 0 Å². The highest BCUT2D eigenvalue weighted by atomic mass is 32.2. The van der Waals surface area contributed by atoms with Gasteiger partial charge < -0.3 is 4.74 Å². The molecule has 0 spiro atoms. The smallest absolute Gasteiger partial charge is 0.309 e. The molecule has 0 aromatic heterocycles. The fraction of sp³-hybridized carbons (Fsp3) is 0.667. The Morgan fingerprint density at radius 2 is 2.28 bits per heavy atom. The van der Waals surface area contributed by atoms with E-state index in [0.29, 0.717) is 13.0 Å². The topological polar surface area (TPSA) is 84.2 Å². The predicted molar refractivity (Wildman–Crippen MR) is 65.6 cm³/mol. The second kappa shape index (κ2) is 7.17. The molecule has 0 N–H and O–H groups in total. The van der Waals surface area contributed by atoms with Gasteiger partial charge in [-0.3, -0.25) is 14.4 Å². The third kappa shape index (κ3) is 4.88. The molecule has 1 fully saturated rings. The molecule has 0 aromatic carbocycles. The second-order valence-corrected chi connectivity index (χ2v) is 5.56. The molecule has 2 unspecified atom stereocenters. The number of Topliss-reactive ketones (excluding diaryl/α,β-unsaturated/α-hetero) is 2. The minimum absolute atomic E-state index is 0.0876. The molecule has 0 aliphatic carbocycles. The van der Waals surface area contributed by atoms with Gasteiger partial charge in [-0.2, -0.15) is 5.26 Å². The number of hydrogen-bond donors (Lipinski definition) is 0. The summed E-state index contributed by atoms with van der Waals surface area (Å²) in [5.74, 6) is -1.12. The predicted octanol–water partition coefficient (Wildman–Crippen LogP) is 1.46. The van der Waals surface area contributed by atoms with Gasteiger partial charge >= 0.3 is 5.97 Å². The molecule has 0 aromatic rings. The lowest BCUT2D eigenvalue weighted by Crippen LogP contribution is -2.17. The lowest BCUT2D eigenvalue weighted by Gasteiger charge is -2.06. The Bertz CT molecular complexity index is 388.